The van der Waals surface area contributed by atoms with Crippen LogP contribution in [0.5, 0.6) is 17.2 Å². The molecule has 0 saturated carbocycles. The van der Waals surface area contributed by atoms with E-state index in [1.807, 2.05) is 99.3 Å². The van der Waals surface area contributed by atoms with E-state index in [1.165, 1.54) is 80.9 Å². The highest BCUT2D eigenvalue weighted by molar-refractivity contribution is 5.68. The fourth-order valence-corrected chi connectivity index (χ4v) is 7.51. The minimum Gasteiger partial charge on any atom is -0.494 e. The SMILES string of the molecule is CCCCCCCCOc1ccc(-c2ncc(C)cn2)cc1.CCCCCCCCOc1ccc(-c2ncc(C)cn2)cc1.CCCCOCCOCCOc1cnc(-c2ccc(-c3ccc(C)cc3)cc2)nc1. The fraction of sp³-hybridized carbons (Fsp3) is 0.429. The van der Waals surface area contributed by atoms with E-state index in [-0.39, 0.29) is 0 Å². The van der Waals surface area contributed by atoms with E-state index in [1.54, 1.807) is 12.4 Å². The number of rotatable bonds is 30. The van der Waals surface area contributed by atoms with Crippen molar-refractivity contribution >= 4 is 0 Å². The van der Waals surface area contributed by atoms with Crippen LogP contribution < -0.4 is 14.2 Å². The van der Waals surface area contributed by atoms with Gasteiger partial charge in [0.1, 0.15) is 18.1 Å². The molecule has 3 aromatic heterocycles. The van der Waals surface area contributed by atoms with Gasteiger partial charge < -0.3 is 23.7 Å². The quantitative estimate of drug-likeness (QED) is 0.0400. The van der Waals surface area contributed by atoms with E-state index in [2.05, 4.69) is 94.0 Å². The monoisotopic (exact) mass is 1000 g/mol. The van der Waals surface area contributed by atoms with E-state index in [0.717, 1.165) is 96.5 Å². The molecule has 7 aromatic rings. The molecule has 0 amide bonds. The Hall–Kier alpha value is -6.56. The number of aromatic nitrogens is 6. The smallest absolute Gasteiger partial charge is 0.159 e. The zero-order valence-electron chi connectivity index (χ0n) is 45.3. The van der Waals surface area contributed by atoms with Crippen LogP contribution in [0.4, 0.5) is 0 Å². The lowest BCUT2D eigenvalue weighted by Gasteiger charge is -2.08. The van der Waals surface area contributed by atoms with Crippen LogP contribution in [0.2, 0.25) is 0 Å². The van der Waals surface area contributed by atoms with Gasteiger partial charge >= 0.3 is 0 Å². The third-order valence-electron chi connectivity index (χ3n) is 12.0. The Bertz CT molecular complexity index is 2390. The lowest BCUT2D eigenvalue weighted by Crippen LogP contribution is -2.11. The maximum absolute atomic E-state index is 5.78. The third kappa shape index (κ3) is 23.1. The predicted octanol–water partition coefficient (Wildman–Crippen LogP) is 15.7. The minimum absolute atomic E-state index is 0.461. The summed E-state index contributed by atoms with van der Waals surface area (Å²) in [5, 5.41) is 0. The Labute approximate surface area is 443 Å². The van der Waals surface area contributed by atoms with Crippen molar-refractivity contribution in [2.45, 2.75) is 131 Å². The van der Waals surface area contributed by atoms with Gasteiger partial charge in [-0.2, -0.15) is 0 Å². The first-order valence-electron chi connectivity index (χ1n) is 27.2. The Morgan fingerprint density at radius 1 is 0.270 bits per heavy atom. The molecule has 0 N–H and O–H groups in total. The number of unbranched alkanes of at least 4 members (excludes halogenated alkanes) is 11. The molecule has 74 heavy (non-hydrogen) atoms. The standard InChI is InChI=1S/C25H30N2O3.2C19H26N2O/c1-3-4-13-28-14-15-29-16-17-30-24-18-26-25(27-19-24)23-11-9-22(10-12-23)21-7-5-20(2)6-8-21;2*1-3-4-5-6-7-8-13-22-18-11-9-17(10-12-18)19-20-14-16(2)15-21-19/h5-12,18-19H,3-4,13-17H2,1-2H3;2*9-12,14-15H,3-8,13H2,1-2H3. The van der Waals surface area contributed by atoms with E-state index >= 15 is 0 Å². The summed E-state index contributed by atoms with van der Waals surface area (Å²) in [6.45, 7) is 17.3. The molecule has 4 aromatic carbocycles. The van der Waals surface area contributed by atoms with Gasteiger partial charge in [-0.05, 0) is 111 Å². The molecule has 11 heteroatoms. The second-order valence-corrected chi connectivity index (χ2v) is 18.6. The molecule has 3 heterocycles. The van der Waals surface area contributed by atoms with Gasteiger partial charge in [0.15, 0.2) is 23.2 Å². The van der Waals surface area contributed by atoms with Gasteiger partial charge in [0.2, 0.25) is 0 Å². The normalized spacial score (nSPS) is 10.7. The summed E-state index contributed by atoms with van der Waals surface area (Å²) >= 11 is 0. The van der Waals surface area contributed by atoms with E-state index in [9.17, 15) is 0 Å². The summed E-state index contributed by atoms with van der Waals surface area (Å²) < 4.78 is 28.1. The molecule has 7 rings (SSSR count). The Morgan fingerprint density at radius 3 is 1.03 bits per heavy atom. The molecule has 0 aliphatic rings. The Balaban J connectivity index is 0.000000210. The van der Waals surface area contributed by atoms with Gasteiger partial charge in [0, 0.05) is 48.1 Å². The van der Waals surface area contributed by atoms with Gasteiger partial charge in [0.25, 0.3) is 0 Å². The summed E-state index contributed by atoms with van der Waals surface area (Å²) in [5.41, 5.74) is 8.79. The maximum atomic E-state index is 5.78. The third-order valence-corrected chi connectivity index (χ3v) is 12.0. The van der Waals surface area contributed by atoms with Crippen LogP contribution in [-0.4, -0.2) is 76.2 Å². The van der Waals surface area contributed by atoms with E-state index in [0.29, 0.717) is 38.0 Å². The van der Waals surface area contributed by atoms with Gasteiger partial charge in [-0.25, -0.2) is 29.9 Å². The van der Waals surface area contributed by atoms with Crippen molar-refractivity contribution in [1.82, 2.24) is 29.9 Å². The largest absolute Gasteiger partial charge is 0.494 e. The Kier molecular flexibility index (Phi) is 28.0. The van der Waals surface area contributed by atoms with E-state index < -0.39 is 0 Å². The van der Waals surface area contributed by atoms with Gasteiger partial charge in [-0.15, -0.1) is 0 Å². The molecule has 11 nitrogen and oxygen atoms in total. The van der Waals surface area contributed by atoms with Crippen LogP contribution in [0.15, 0.2) is 134 Å². The minimum atomic E-state index is 0.461. The fourth-order valence-electron chi connectivity index (χ4n) is 7.51. The molecular weight excluding hydrogens is 921 g/mol. The van der Waals surface area contributed by atoms with Crippen LogP contribution in [0, 0.1) is 20.8 Å². The van der Waals surface area contributed by atoms with Crippen molar-refractivity contribution in [3.05, 3.63) is 151 Å². The van der Waals surface area contributed by atoms with Crippen LogP contribution in [0.25, 0.3) is 45.3 Å². The summed E-state index contributed by atoms with van der Waals surface area (Å²) in [5.74, 6) is 4.67. The molecule has 0 aliphatic heterocycles. The summed E-state index contributed by atoms with van der Waals surface area (Å²) in [4.78, 5) is 26.2. The van der Waals surface area contributed by atoms with Crippen molar-refractivity contribution in [2.75, 3.05) is 46.2 Å². The van der Waals surface area contributed by atoms with Crippen LogP contribution in [-0.2, 0) is 9.47 Å². The molecule has 0 saturated heterocycles. The second-order valence-electron chi connectivity index (χ2n) is 18.6. The topological polar surface area (TPSA) is 123 Å². The molecule has 0 aliphatic carbocycles. The summed E-state index contributed by atoms with van der Waals surface area (Å²) in [6.07, 6.45) is 28.4. The molecule has 0 bridgehead atoms. The van der Waals surface area contributed by atoms with Crippen LogP contribution >= 0.6 is 0 Å². The summed E-state index contributed by atoms with van der Waals surface area (Å²) in [7, 11) is 0. The molecule has 0 fully saturated rings. The number of hydrogen-bond donors (Lipinski definition) is 0. The highest BCUT2D eigenvalue weighted by Crippen LogP contribution is 2.25. The van der Waals surface area contributed by atoms with Gasteiger partial charge in [0.05, 0.1) is 45.4 Å². The molecule has 0 spiro atoms. The van der Waals surface area contributed by atoms with Crippen molar-refractivity contribution in [1.29, 1.82) is 0 Å². The van der Waals surface area contributed by atoms with Gasteiger partial charge in [-0.3, -0.25) is 0 Å². The van der Waals surface area contributed by atoms with Gasteiger partial charge in [-0.1, -0.05) is 145 Å². The number of nitrogens with zero attached hydrogens (tertiary/aromatic N) is 6. The number of benzene rings is 4. The Morgan fingerprint density at radius 2 is 0.595 bits per heavy atom. The molecule has 0 radical (unpaired) electrons. The highest BCUT2D eigenvalue weighted by Gasteiger charge is 2.06. The average Bonchev–Trinajstić information content (AvgIpc) is 3.44. The number of aryl methyl sites for hydroxylation is 3. The van der Waals surface area contributed by atoms with Crippen molar-refractivity contribution < 1.29 is 23.7 Å². The van der Waals surface area contributed by atoms with Crippen LogP contribution in [0.1, 0.15) is 127 Å². The highest BCUT2D eigenvalue weighted by atomic mass is 16.5. The maximum Gasteiger partial charge on any atom is 0.159 e. The van der Waals surface area contributed by atoms with Crippen molar-refractivity contribution in [2.24, 2.45) is 0 Å². The predicted molar refractivity (Wildman–Crippen MR) is 302 cm³/mol. The van der Waals surface area contributed by atoms with E-state index in [4.69, 9.17) is 23.7 Å². The van der Waals surface area contributed by atoms with Crippen molar-refractivity contribution in [3.8, 4) is 62.5 Å². The molecule has 0 atom stereocenters. The molecule has 0 unspecified atom stereocenters. The average molecular weight is 1000 g/mol. The van der Waals surface area contributed by atoms with Crippen molar-refractivity contribution in [3.63, 3.8) is 0 Å². The lowest BCUT2D eigenvalue weighted by atomic mass is 10.0. The zero-order valence-corrected chi connectivity index (χ0v) is 45.3. The first-order valence-corrected chi connectivity index (χ1v) is 27.2. The first kappa shape index (κ1) is 58.3. The lowest BCUT2D eigenvalue weighted by molar-refractivity contribution is 0.0355. The number of hydrogen-bond acceptors (Lipinski definition) is 11. The zero-order chi connectivity index (χ0) is 52.3. The first-order chi connectivity index (χ1) is 36.3. The molecular formula is C63H82N6O5. The van der Waals surface area contributed by atoms with Crippen LogP contribution in [0.3, 0.4) is 0 Å². The second kappa shape index (κ2) is 35.6. The molecule has 394 valence electrons. The summed E-state index contributed by atoms with van der Waals surface area (Å²) in [6, 6.07) is 32.8. The number of ether oxygens (including phenoxy) is 5.